The molecule has 1 N–H and O–H groups in total. The Labute approximate surface area is 98.0 Å². The SMILES string of the molecule is c1cc(-c2noc(C3CNCCO3)n2)ccn1. The van der Waals surface area contributed by atoms with Crippen molar-refractivity contribution in [3.8, 4) is 11.4 Å². The van der Waals surface area contributed by atoms with Gasteiger partial charge in [-0.05, 0) is 12.1 Å². The quantitative estimate of drug-likeness (QED) is 0.825. The number of pyridine rings is 1. The van der Waals surface area contributed by atoms with Crippen molar-refractivity contribution in [2.75, 3.05) is 19.7 Å². The summed E-state index contributed by atoms with van der Waals surface area (Å²) in [4.78, 5) is 8.28. The van der Waals surface area contributed by atoms with Crippen molar-refractivity contribution < 1.29 is 9.26 Å². The van der Waals surface area contributed by atoms with E-state index in [1.807, 2.05) is 12.1 Å². The van der Waals surface area contributed by atoms with Crippen LogP contribution in [0.3, 0.4) is 0 Å². The van der Waals surface area contributed by atoms with Crippen molar-refractivity contribution in [2.45, 2.75) is 6.10 Å². The van der Waals surface area contributed by atoms with E-state index in [4.69, 9.17) is 9.26 Å². The van der Waals surface area contributed by atoms with Gasteiger partial charge in [-0.3, -0.25) is 4.98 Å². The number of morpholine rings is 1. The number of nitrogens with zero attached hydrogens (tertiary/aromatic N) is 3. The van der Waals surface area contributed by atoms with E-state index in [2.05, 4.69) is 20.4 Å². The molecule has 1 aliphatic heterocycles. The first kappa shape index (κ1) is 10.4. The second-order valence-corrected chi connectivity index (χ2v) is 3.76. The van der Waals surface area contributed by atoms with Gasteiger partial charge in [0.2, 0.25) is 5.82 Å². The molecule has 17 heavy (non-hydrogen) atoms. The Morgan fingerprint density at radius 1 is 1.29 bits per heavy atom. The lowest BCUT2D eigenvalue weighted by atomic mass is 10.2. The molecule has 0 saturated carbocycles. The fourth-order valence-corrected chi connectivity index (χ4v) is 1.71. The van der Waals surface area contributed by atoms with Crippen LogP contribution in [0.1, 0.15) is 12.0 Å². The van der Waals surface area contributed by atoms with Crippen LogP contribution in [0.25, 0.3) is 11.4 Å². The van der Waals surface area contributed by atoms with E-state index in [0.29, 0.717) is 24.9 Å². The molecular formula is C11H12N4O2. The zero-order valence-corrected chi connectivity index (χ0v) is 9.17. The fourth-order valence-electron chi connectivity index (χ4n) is 1.71. The van der Waals surface area contributed by atoms with Gasteiger partial charge in [-0.2, -0.15) is 4.98 Å². The van der Waals surface area contributed by atoms with E-state index in [1.165, 1.54) is 0 Å². The van der Waals surface area contributed by atoms with Crippen LogP contribution < -0.4 is 5.32 Å². The molecule has 0 spiro atoms. The molecule has 3 heterocycles. The maximum atomic E-state index is 5.54. The van der Waals surface area contributed by atoms with Crippen molar-refractivity contribution in [3.05, 3.63) is 30.4 Å². The normalized spacial score (nSPS) is 20.4. The lowest BCUT2D eigenvalue weighted by Gasteiger charge is -2.19. The number of nitrogens with one attached hydrogen (secondary N) is 1. The Kier molecular flexibility index (Phi) is 2.81. The van der Waals surface area contributed by atoms with E-state index >= 15 is 0 Å². The highest BCUT2D eigenvalue weighted by Crippen LogP contribution is 2.20. The molecule has 6 nitrogen and oxygen atoms in total. The maximum absolute atomic E-state index is 5.54. The van der Waals surface area contributed by atoms with E-state index in [1.54, 1.807) is 12.4 Å². The van der Waals surface area contributed by atoms with Crippen molar-refractivity contribution in [1.29, 1.82) is 0 Å². The number of ether oxygens (including phenoxy) is 1. The Bertz CT molecular complexity index is 479. The molecule has 1 aliphatic rings. The molecule has 0 aliphatic carbocycles. The molecule has 0 bridgehead atoms. The van der Waals surface area contributed by atoms with E-state index in [9.17, 15) is 0 Å². The van der Waals surface area contributed by atoms with E-state index in [-0.39, 0.29) is 6.10 Å². The fraction of sp³-hybridized carbons (Fsp3) is 0.364. The van der Waals surface area contributed by atoms with Gasteiger partial charge in [0, 0.05) is 31.0 Å². The molecule has 0 radical (unpaired) electrons. The van der Waals surface area contributed by atoms with Crippen LogP contribution in [0.5, 0.6) is 0 Å². The molecule has 1 atom stereocenters. The highest BCUT2D eigenvalue weighted by Gasteiger charge is 2.22. The van der Waals surface area contributed by atoms with Crippen LogP contribution in [0, 0.1) is 0 Å². The summed E-state index contributed by atoms with van der Waals surface area (Å²) in [5.74, 6) is 1.08. The third-order valence-electron chi connectivity index (χ3n) is 2.58. The molecule has 1 unspecified atom stereocenters. The number of hydrogen-bond donors (Lipinski definition) is 1. The lowest BCUT2D eigenvalue weighted by Crippen LogP contribution is -2.33. The van der Waals surface area contributed by atoms with Crippen LogP contribution in [0.2, 0.25) is 0 Å². The predicted molar refractivity (Wildman–Crippen MR) is 59.1 cm³/mol. The first-order valence-electron chi connectivity index (χ1n) is 5.50. The first-order chi connectivity index (χ1) is 8.43. The minimum atomic E-state index is -0.146. The summed E-state index contributed by atoms with van der Waals surface area (Å²) in [5, 5.41) is 7.16. The summed E-state index contributed by atoms with van der Waals surface area (Å²) in [6.07, 6.45) is 3.25. The average molecular weight is 232 g/mol. The molecule has 0 amide bonds. The van der Waals surface area contributed by atoms with Gasteiger partial charge in [0.25, 0.3) is 5.89 Å². The Morgan fingerprint density at radius 2 is 2.18 bits per heavy atom. The Balaban J connectivity index is 1.83. The van der Waals surface area contributed by atoms with Crippen molar-refractivity contribution in [1.82, 2.24) is 20.4 Å². The summed E-state index contributed by atoms with van der Waals surface area (Å²) in [6.45, 7) is 2.23. The van der Waals surface area contributed by atoms with Crippen LogP contribution in [0.15, 0.2) is 29.0 Å². The minimum absolute atomic E-state index is 0.146. The van der Waals surface area contributed by atoms with Crippen LogP contribution in [-0.4, -0.2) is 34.8 Å². The van der Waals surface area contributed by atoms with Crippen molar-refractivity contribution in [2.24, 2.45) is 0 Å². The number of rotatable bonds is 2. The predicted octanol–water partition coefficient (Wildman–Crippen LogP) is 0.792. The van der Waals surface area contributed by atoms with Gasteiger partial charge in [0.15, 0.2) is 0 Å². The molecule has 1 fully saturated rings. The third-order valence-corrected chi connectivity index (χ3v) is 2.58. The van der Waals surface area contributed by atoms with Gasteiger partial charge in [0.05, 0.1) is 6.61 Å². The van der Waals surface area contributed by atoms with Crippen molar-refractivity contribution >= 4 is 0 Å². The van der Waals surface area contributed by atoms with Crippen molar-refractivity contribution in [3.63, 3.8) is 0 Å². The Hall–Kier alpha value is -1.79. The zero-order chi connectivity index (χ0) is 11.5. The van der Waals surface area contributed by atoms with Gasteiger partial charge < -0.3 is 14.6 Å². The molecule has 1 saturated heterocycles. The summed E-state index contributed by atoms with van der Waals surface area (Å²) >= 11 is 0. The Morgan fingerprint density at radius 3 is 2.94 bits per heavy atom. The summed E-state index contributed by atoms with van der Waals surface area (Å²) in [7, 11) is 0. The van der Waals surface area contributed by atoms with E-state index in [0.717, 1.165) is 12.1 Å². The summed E-state index contributed by atoms with van der Waals surface area (Å²) in [5.41, 5.74) is 0.888. The molecule has 2 aromatic heterocycles. The highest BCUT2D eigenvalue weighted by molar-refractivity contribution is 5.52. The average Bonchev–Trinajstić information content (AvgIpc) is 2.90. The monoisotopic (exact) mass is 232 g/mol. The molecular weight excluding hydrogens is 220 g/mol. The maximum Gasteiger partial charge on any atom is 0.257 e. The third kappa shape index (κ3) is 2.17. The van der Waals surface area contributed by atoms with Crippen LogP contribution >= 0.6 is 0 Å². The summed E-state index contributed by atoms with van der Waals surface area (Å²) in [6, 6.07) is 3.68. The zero-order valence-electron chi connectivity index (χ0n) is 9.17. The highest BCUT2D eigenvalue weighted by atomic mass is 16.5. The number of hydrogen-bond acceptors (Lipinski definition) is 6. The summed E-state index contributed by atoms with van der Waals surface area (Å²) < 4.78 is 10.8. The van der Waals surface area contributed by atoms with E-state index < -0.39 is 0 Å². The first-order valence-corrected chi connectivity index (χ1v) is 5.50. The smallest absolute Gasteiger partial charge is 0.257 e. The van der Waals surface area contributed by atoms with Gasteiger partial charge in [-0.1, -0.05) is 5.16 Å². The van der Waals surface area contributed by atoms with Gasteiger partial charge in [0.1, 0.15) is 6.10 Å². The molecule has 2 aromatic rings. The topological polar surface area (TPSA) is 73.1 Å². The van der Waals surface area contributed by atoms with Gasteiger partial charge >= 0.3 is 0 Å². The standard InChI is InChI=1S/C11H12N4O2/c1-3-12-4-2-8(1)10-14-11(17-15-10)9-7-13-5-6-16-9/h1-4,9,13H,5-7H2. The van der Waals surface area contributed by atoms with Gasteiger partial charge in [-0.15, -0.1) is 0 Å². The minimum Gasteiger partial charge on any atom is -0.366 e. The lowest BCUT2D eigenvalue weighted by molar-refractivity contribution is 0.00755. The van der Waals surface area contributed by atoms with Crippen LogP contribution in [-0.2, 0) is 4.74 Å². The van der Waals surface area contributed by atoms with Gasteiger partial charge in [-0.25, -0.2) is 0 Å². The molecule has 3 rings (SSSR count). The molecule has 0 aromatic carbocycles. The second kappa shape index (κ2) is 4.60. The number of aromatic nitrogens is 3. The van der Waals surface area contributed by atoms with Crippen LogP contribution in [0.4, 0.5) is 0 Å². The second-order valence-electron chi connectivity index (χ2n) is 3.76. The largest absolute Gasteiger partial charge is 0.366 e. The molecule has 88 valence electrons. The molecule has 6 heteroatoms.